The molecule has 0 unspecified atom stereocenters. The Balaban J connectivity index is 0.930. The fraction of sp³-hybridized carbons (Fsp3) is 0.0154. The average Bonchev–Trinajstić information content (AvgIpc) is 4.14. The van der Waals surface area contributed by atoms with Gasteiger partial charge in [0.1, 0.15) is 6.67 Å². The van der Waals surface area contributed by atoms with Crippen molar-refractivity contribution in [2.24, 2.45) is 10.7 Å². The van der Waals surface area contributed by atoms with E-state index >= 15 is 0 Å². The molecule has 13 aromatic rings. The minimum absolute atomic E-state index is 0.395. The fourth-order valence-corrected chi connectivity index (χ4v) is 11.8. The van der Waals surface area contributed by atoms with E-state index in [-0.39, 0.29) is 0 Å². The molecule has 1 aliphatic rings. The first kappa shape index (κ1) is 42.4. The summed E-state index contributed by atoms with van der Waals surface area (Å²) in [6.07, 6.45) is 4.31. The second-order valence-electron chi connectivity index (χ2n) is 18.4. The van der Waals surface area contributed by atoms with Crippen LogP contribution in [0.1, 0.15) is 16.0 Å². The van der Waals surface area contributed by atoms with Gasteiger partial charge in [-0.25, -0.2) is 4.98 Å². The quantitative estimate of drug-likeness (QED) is 0.164. The monoisotopic (exact) mass is 953 g/mol. The van der Waals surface area contributed by atoms with E-state index in [2.05, 4.69) is 167 Å². The molecule has 1 aliphatic carbocycles. The second-order valence-corrected chi connectivity index (χ2v) is 19.4. The first-order chi connectivity index (χ1) is 36.1. The van der Waals surface area contributed by atoms with Crippen LogP contribution < -0.4 is 5.73 Å². The van der Waals surface area contributed by atoms with Gasteiger partial charge in [0.05, 0.1) is 27.8 Å². The highest BCUT2D eigenvalue weighted by Gasteiger charge is 2.25. The van der Waals surface area contributed by atoms with Crippen molar-refractivity contribution in [1.29, 1.82) is 0 Å². The van der Waals surface area contributed by atoms with Crippen molar-refractivity contribution in [2.75, 3.05) is 0 Å². The maximum atomic E-state index is 7.19. The fourth-order valence-electron chi connectivity index (χ4n) is 10.6. The summed E-state index contributed by atoms with van der Waals surface area (Å²) in [6, 6.07) is 78.7. The highest BCUT2D eigenvalue weighted by molar-refractivity contribution is 7.17. The van der Waals surface area contributed by atoms with E-state index in [1.54, 1.807) is 11.3 Å². The molecule has 0 aliphatic heterocycles. The summed E-state index contributed by atoms with van der Waals surface area (Å²) in [7, 11) is 0. The number of hydrogen-bond acceptors (Lipinski definition) is 6. The third-order valence-corrected chi connectivity index (χ3v) is 15.3. The summed E-state index contributed by atoms with van der Waals surface area (Å²) in [5.74, 6) is 1.79. The molecule has 7 nitrogen and oxygen atoms in total. The Hall–Kier alpha value is -9.50. The van der Waals surface area contributed by atoms with Crippen LogP contribution in [0.2, 0.25) is 0 Å². The first-order valence-corrected chi connectivity index (χ1v) is 25.3. The van der Waals surface area contributed by atoms with Crippen LogP contribution in [0.4, 0.5) is 0 Å². The zero-order chi connectivity index (χ0) is 48.4. The highest BCUT2D eigenvalue weighted by atomic mass is 32.1. The summed E-state index contributed by atoms with van der Waals surface area (Å²) in [5, 5.41) is 6.88. The maximum absolute atomic E-state index is 7.19. The molecule has 9 aromatic carbocycles. The van der Waals surface area contributed by atoms with Crippen LogP contribution >= 0.6 is 11.3 Å². The van der Waals surface area contributed by atoms with Crippen molar-refractivity contribution in [2.45, 2.75) is 6.67 Å². The van der Waals surface area contributed by atoms with Gasteiger partial charge in [0, 0.05) is 53.7 Å². The van der Waals surface area contributed by atoms with Crippen molar-refractivity contribution in [3.8, 4) is 50.3 Å². The minimum Gasteiger partial charge on any atom is -0.398 e. The lowest BCUT2D eigenvalue weighted by molar-refractivity contribution is 0.794. The summed E-state index contributed by atoms with van der Waals surface area (Å²) >= 11 is 1.76. The SMILES string of the molecule is N/C(=C1\C(=N/Cn2c3ccccc3c3c(-c4ccc5c(c4)c4cc6ccccc6cc4n5-c4nc(-c5ccccc5)nc(-c5ccccc5)n4)cccc32)C=Cc2cc(-c3ccccc3)sc21)c1ccccc1. The van der Waals surface area contributed by atoms with Gasteiger partial charge >= 0.3 is 0 Å². The molecule has 73 heavy (non-hydrogen) atoms. The van der Waals surface area contributed by atoms with Crippen LogP contribution in [-0.4, -0.2) is 29.8 Å². The molecule has 4 heterocycles. The Morgan fingerprint density at radius 3 is 1.82 bits per heavy atom. The highest BCUT2D eigenvalue weighted by Crippen LogP contribution is 2.44. The van der Waals surface area contributed by atoms with Gasteiger partial charge in [0.2, 0.25) is 5.95 Å². The van der Waals surface area contributed by atoms with E-state index in [4.69, 9.17) is 25.7 Å². The van der Waals surface area contributed by atoms with E-state index in [0.717, 1.165) is 87.8 Å². The minimum atomic E-state index is 0.395. The Morgan fingerprint density at radius 1 is 0.479 bits per heavy atom. The van der Waals surface area contributed by atoms with Crippen molar-refractivity contribution in [3.05, 3.63) is 247 Å². The lowest BCUT2D eigenvalue weighted by atomic mass is 9.94. The van der Waals surface area contributed by atoms with E-state index in [1.165, 1.54) is 26.6 Å². The molecular formula is C65H43N7S. The van der Waals surface area contributed by atoms with Gasteiger partial charge in [-0.3, -0.25) is 9.56 Å². The second kappa shape index (κ2) is 17.4. The lowest BCUT2D eigenvalue weighted by Gasteiger charge is -2.17. The van der Waals surface area contributed by atoms with Gasteiger partial charge in [-0.15, -0.1) is 11.3 Å². The number of nitrogens with zero attached hydrogens (tertiary/aromatic N) is 6. The number of benzene rings is 9. The molecule has 8 heteroatoms. The Kier molecular flexibility index (Phi) is 10.1. The summed E-state index contributed by atoms with van der Waals surface area (Å²) < 4.78 is 4.55. The topological polar surface area (TPSA) is 86.9 Å². The van der Waals surface area contributed by atoms with Crippen LogP contribution in [0.3, 0.4) is 0 Å². The summed E-state index contributed by atoms with van der Waals surface area (Å²) in [5.41, 5.74) is 21.4. The van der Waals surface area contributed by atoms with E-state index in [1.807, 2.05) is 78.9 Å². The number of thiophene rings is 1. The van der Waals surface area contributed by atoms with Gasteiger partial charge in [-0.05, 0) is 87.1 Å². The molecule has 0 amide bonds. The van der Waals surface area contributed by atoms with Crippen LogP contribution in [0.25, 0.3) is 122 Å². The van der Waals surface area contributed by atoms with Crippen molar-refractivity contribution in [1.82, 2.24) is 24.1 Å². The molecule has 344 valence electrons. The number of rotatable bonds is 8. The standard InChI is InChI=1S/C65H43N7S/c66-61(42-20-7-2-8-21-42)60-53(34-32-48-39-58(73-62(48)60)41-18-5-1-6-19-41)67-40-71-54-30-16-15-28-50(54)59-49(29-17-31-56(59)71)47-33-35-55-51(37-47)52-36-45-26-13-14-27-46(45)38-57(52)72(55)65-69-63(43-22-9-3-10-23-43)68-64(70-65)44-24-11-4-12-25-44/h1-39H,40,66H2/b61-60+,67-53-. The molecule has 0 fully saturated rings. The van der Waals surface area contributed by atoms with E-state index in [0.29, 0.717) is 30.0 Å². The lowest BCUT2D eigenvalue weighted by Crippen LogP contribution is -2.11. The summed E-state index contributed by atoms with van der Waals surface area (Å²) in [4.78, 5) is 23.3. The number of aliphatic imine (C=N–C) groups is 1. The third kappa shape index (κ3) is 7.26. The van der Waals surface area contributed by atoms with Crippen LogP contribution in [-0.2, 0) is 6.67 Å². The predicted molar refractivity (Wildman–Crippen MR) is 305 cm³/mol. The van der Waals surface area contributed by atoms with E-state index in [9.17, 15) is 0 Å². The molecule has 0 bridgehead atoms. The van der Waals surface area contributed by atoms with Crippen LogP contribution in [0.5, 0.6) is 0 Å². The number of para-hydroxylation sites is 1. The first-order valence-electron chi connectivity index (χ1n) is 24.4. The molecule has 0 spiro atoms. The number of hydrogen-bond donors (Lipinski definition) is 1. The van der Waals surface area contributed by atoms with Gasteiger partial charge in [-0.2, -0.15) is 9.97 Å². The number of nitrogens with two attached hydrogens (primary N) is 1. The molecular weight excluding hydrogens is 911 g/mol. The molecule has 0 saturated carbocycles. The Bertz CT molecular complexity index is 4340. The molecule has 4 aromatic heterocycles. The number of aromatic nitrogens is 5. The van der Waals surface area contributed by atoms with Crippen molar-refractivity contribution >= 4 is 88.8 Å². The zero-order valence-corrected chi connectivity index (χ0v) is 40.2. The smallest absolute Gasteiger partial charge is 0.238 e. The molecule has 0 radical (unpaired) electrons. The van der Waals surface area contributed by atoms with Crippen LogP contribution in [0.15, 0.2) is 236 Å². The Labute approximate surface area is 424 Å². The molecule has 0 saturated heterocycles. The van der Waals surface area contributed by atoms with E-state index < -0.39 is 0 Å². The molecule has 2 N–H and O–H groups in total. The van der Waals surface area contributed by atoms with Gasteiger partial charge < -0.3 is 10.3 Å². The predicted octanol–water partition coefficient (Wildman–Crippen LogP) is 15.9. The normalized spacial score (nSPS) is 13.7. The summed E-state index contributed by atoms with van der Waals surface area (Å²) in [6.45, 7) is 0.395. The van der Waals surface area contributed by atoms with Gasteiger partial charge in [-0.1, -0.05) is 188 Å². The maximum Gasteiger partial charge on any atom is 0.238 e. The molecule has 0 atom stereocenters. The Morgan fingerprint density at radius 2 is 1.10 bits per heavy atom. The third-order valence-electron chi connectivity index (χ3n) is 14.1. The van der Waals surface area contributed by atoms with Gasteiger partial charge in [0.15, 0.2) is 11.6 Å². The number of allylic oxidation sites excluding steroid dienone is 2. The van der Waals surface area contributed by atoms with Crippen LogP contribution in [0, 0.1) is 0 Å². The van der Waals surface area contributed by atoms with Crippen molar-refractivity contribution in [3.63, 3.8) is 0 Å². The number of fused-ring (bicyclic) bond motifs is 8. The largest absolute Gasteiger partial charge is 0.398 e. The zero-order valence-electron chi connectivity index (χ0n) is 39.4. The van der Waals surface area contributed by atoms with Gasteiger partial charge in [0.25, 0.3) is 0 Å². The average molecular weight is 954 g/mol. The molecule has 14 rings (SSSR count). The van der Waals surface area contributed by atoms with Crippen molar-refractivity contribution < 1.29 is 0 Å².